The van der Waals surface area contributed by atoms with Gasteiger partial charge >= 0.3 is 6.03 Å². The third kappa shape index (κ3) is 3.37. The first kappa shape index (κ1) is 18.8. The van der Waals surface area contributed by atoms with E-state index in [1.807, 2.05) is 0 Å². The first-order valence-corrected chi connectivity index (χ1v) is 8.77. The number of methoxy groups -OCH3 is 1. The van der Waals surface area contributed by atoms with Crippen molar-refractivity contribution in [1.82, 2.24) is 10.2 Å². The predicted molar refractivity (Wildman–Crippen MR) is 100 cm³/mol. The number of ether oxygens (including phenoxy) is 1. The molecule has 140 valence electrons. The van der Waals surface area contributed by atoms with E-state index in [0.717, 1.165) is 9.37 Å². The SMILES string of the molecule is COc1ccc(Br)cc1CN1C(=O)NC(C)(c2cccc([N+](=O)[O-])c2)C1=O. The topological polar surface area (TPSA) is 102 Å². The van der Waals surface area contributed by atoms with Gasteiger partial charge in [0.1, 0.15) is 11.3 Å². The van der Waals surface area contributed by atoms with Crippen LogP contribution < -0.4 is 10.1 Å². The molecule has 1 heterocycles. The third-order valence-electron chi connectivity index (χ3n) is 4.48. The van der Waals surface area contributed by atoms with E-state index in [1.54, 1.807) is 24.3 Å². The molecule has 3 amide bonds. The van der Waals surface area contributed by atoms with Crippen LogP contribution in [-0.2, 0) is 16.9 Å². The number of imide groups is 1. The molecule has 1 aliphatic heterocycles. The van der Waals surface area contributed by atoms with Gasteiger partial charge in [-0.3, -0.25) is 19.8 Å². The summed E-state index contributed by atoms with van der Waals surface area (Å²) in [6.07, 6.45) is 0. The number of rotatable bonds is 5. The van der Waals surface area contributed by atoms with Gasteiger partial charge in [-0.2, -0.15) is 0 Å². The molecule has 27 heavy (non-hydrogen) atoms. The average molecular weight is 434 g/mol. The van der Waals surface area contributed by atoms with Crippen LogP contribution in [0.2, 0.25) is 0 Å². The Labute approximate surface area is 163 Å². The zero-order chi connectivity index (χ0) is 19.8. The minimum atomic E-state index is -1.39. The standard InChI is InChI=1S/C18H16BrN3O5/c1-18(12-4-3-5-14(9-12)22(25)26)16(23)21(17(24)20-18)10-11-8-13(19)6-7-15(11)27-2/h3-9H,10H2,1-2H3,(H,20,24). The number of urea groups is 1. The van der Waals surface area contributed by atoms with Crippen molar-refractivity contribution >= 4 is 33.6 Å². The van der Waals surface area contributed by atoms with E-state index >= 15 is 0 Å². The molecule has 1 aliphatic rings. The first-order chi connectivity index (χ1) is 12.8. The number of nitrogens with one attached hydrogen (secondary N) is 1. The van der Waals surface area contributed by atoms with Crippen LogP contribution in [0, 0.1) is 10.1 Å². The molecule has 2 aromatic carbocycles. The number of nitrogens with zero attached hydrogens (tertiary/aromatic N) is 2. The highest BCUT2D eigenvalue weighted by atomic mass is 79.9. The molecule has 0 bridgehead atoms. The van der Waals surface area contributed by atoms with Crippen molar-refractivity contribution in [3.63, 3.8) is 0 Å². The van der Waals surface area contributed by atoms with Crippen LogP contribution in [0.4, 0.5) is 10.5 Å². The molecule has 1 N–H and O–H groups in total. The van der Waals surface area contributed by atoms with E-state index in [9.17, 15) is 19.7 Å². The van der Waals surface area contributed by atoms with Crippen LogP contribution in [-0.4, -0.2) is 28.9 Å². The van der Waals surface area contributed by atoms with Crippen LogP contribution in [0.15, 0.2) is 46.9 Å². The van der Waals surface area contributed by atoms with Crippen molar-refractivity contribution in [2.45, 2.75) is 19.0 Å². The van der Waals surface area contributed by atoms with Crippen molar-refractivity contribution in [1.29, 1.82) is 0 Å². The number of nitro groups is 1. The van der Waals surface area contributed by atoms with E-state index < -0.39 is 22.4 Å². The second kappa shape index (κ2) is 6.99. The maximum absolute atomic E-state index is 13.0. The number of carbonyl (C=O) groups is 2. The van der Waals surface area contributed by atoms with Gasteiger partial charge in [0.05, 0.1) is 18.6 Å². The molecular weight excluding hydrogens is 418 g/mol. The Kier molecular flexibility index (Phi) is 4.88. The molecule has 3 rings (SSSR count). The number of amides is 3. The van der Waals surface area contributed by atoms with Gasteiger partial charge in [0, 0.05) is 22.2 Å². The van der Waals surface area contributed by atoms with E-state index in [4.69, 9.17) is 4.74 Å². The molecule has 8 nitrogen and oxygen atoms in total. The van der Waals surface area contributed by atoms with E-state index in [-0.39, 0.29) is 12.2 Å². The highest BCUT2D eigenvalue weighted by Gasteiger charge is 2.49. The summed E-state index contributed by atoms with van der Waals surface area (Å²) in [6, 6.07) is 10.4. The Morgan fingerprint density at radius 3 is 2.67 bits per heavy atom. The molecule has 0 aliphatic carbocycles. The maximum Gasteiger partial charge on any atom is 0.325 e. The van der Waals surface area contributed by atoms with Crippen LogP contribution in [0.1, 0.15) is 18.1 Å². The molecule has 0 saturated carbocycles. The molecular formula is C18H16BrN3O5. The molecule has 1 saturated heterocycles. The van der Waals surface area contributed by atoms with E-state index in [0.29, 0.717) is 16.9 Å². The number of hydrogen-bond donors (Lipinski definition) is 1. The fourth-order valence-electron chi connectivity index (χ4n) is 3.01. The highest BCUT2D eigenvalue weighted by Crippen LogP contribution is 2.33. The molecule has 1 unspecified atom stereocenters. The molecule has 0 spiro atoms. The summed E-state index contributed by atoms with van der Waals surface area (Å²) in [4.78, 5) is 37.1. The Hall–Kier alpha value is -2.94. The molecule has 1 fully saturated rings. The second-order valence-corrected chi connectivity index (χ2v) is 7.13. The molecule has 0 aromatic heterocycles. The zero-order valence-corrected chi connectivity index (χ0v) is 16.1. The van der Waals surface area contributed by atoms with Gasteiger partial charge in [0.15, 0.2) is 0 Å². The highest BCUT2D eigenvalue weighted by molar-refractivity contribution is 9.10. The third-order valence-corrected chi connectivity index (χ3v) is 4.97. The van der Waals surface area contributed by atoms with Gasteiger partial charge < -0.3 is 10.1 Å². The predicted octanol–water partition coefficient (Wildman–Crippen LogP) is 3.33. The van der Waals surface area contributed by atoms with Crippen molar-refractivity contribution < 1.29 is 19.2 Å². The quantitative estimate of drug-likeness (QED) is 0.442. The average Bonchev–Trinajstić information content (AvgIpc) is 2.86. The van der Waals surface area contributed by atoms with Gasteiger partial charge in [-0.15, -0.1) is 0 Å². The van der Waals surface area contributed by atoms with Crippen molar-refractivity contribution in [3.8, 4) is 5.75 Å². The number of halogens is 1. The monoisotopic (exact) mass is 433 g/mol. The van der Waals surface area contributed by atoms with Gasteiger partial charge in [0.2, 0.25) is 0 Å². The summed E-state index contributed by atoms with van der Waals surface area (Å²) < 4.78 is 6.08. The lowest BCUT2D eigenvalue weighted by molar-refractivity contribution is -0.385. The number of carbonyl (C=O) groups excluding carboxylic acids is 2. The van der Waals surface area contributed by atoms with Crippen molar-refractivity contribution in [2.24, 2.45) is 0 Å². The smallest absolute Gasteiger partial charge is 0.325 e. The minimum Gasteiger partial charge on any atom is -0.496 e. The first-order valence-electron chi connectivity index (χ1n) is 7.97. The second-order valence-electron chi connectivity index (χ2n) is 6.21. The lowest BCUT2D eigenvalue weighted by atomic mass is 9.91. The Morgan fingerprint density at radius 2 is 2.00 bits per heavy atom. The summed E-state index contributed by atoms with van der Waals surface area (Å²) >= 11 is 3.36. The van der Waals surface area contributed by atoms with Gasteiger partial charge in [-0.25, -0.2) is 4.79 Å². The fraction of sp³-hybridized carbons (Fsp3) is 0.222. The van der Waals surface area contributed by atoms with Crippen LogP contribution in [0.5, 0.6) is 5.75 Å². The molecule has 2 aromatic rings. The van der Waals surface area contributed by atoms with Crippen LogP contribution in [0.3, 0.4) is 0 Å². The summed E-state index contributed by atoms with van der Waals surface area (Å²) in [5, 5.41) is 13.7. The Bertz CT molecular complexity index is 948. The number of hydrogen-bond acceptors (Lipinski definition) is 5. The van der Waals surface area contributed by atoms with E-state index in [1.165, 1.54) is 32.2 Å². The van der Waals surface area contributed by atoms with E-state index in [2.05, 4.69) is 21.2 Å². The van der Waals surface area contributed by atoms with Gasteiger partial charge in [-0.05, 0) is 30.7 Å². The fourth-order valence-corrected chi connectivity index (χ4v) is 3.42. The number of nitro benzene ring substituents is 1. The maximum atomic E-state index is 13.0. The zero-order valence-electron chi connectivity index (χ0n) is 14.6. The van der Waals surface area contributed by atoms with Crippen LogP contribution >= 0.6 is 15.9 Å². The Morgan fingerprint density at radius 1 is 1.26 bits per heavy atom. The lowest BCUT2D eigenvalue weighted by Gasteiger charge is -2.22. The summed E-state index contributed by atoms with van der Waals surface area (Å²) in [5.41, 5.74) is -0.539. The van der Waals surface area contributed by atoms with Crippen LogP contribution in [0.25, 0.3) is 0 Å². The largest absolute Gasteiger partial charge is 0.496 e. The van der Waals surface area contributed by atoms with Crippen molar-refractivity contribution in [2.75, 3.05) is 7.11 Å². The molecule has 1 atom stereocenters. The minimum absolute atomic E-state index is 0.0117. The summed E-state index contributed by atoms with van der Waals surface area (Å²) in [7, 11) is 1.51. The normalized spacial score (nSPS) is 19.1. The molecule has 0 radical (unpaired) electrons. The Balaban J connectivity index is 1.94. The summed E-state index contributed by atoms with van der Waals surface area (Å²) in [6.45, 7) is 1.54. The van der Waals surface area contributed by atoms with Gasteiger partial charge in [-0.1, -0.05) is 28.1 Å². The molecule has 9 heteroatoms. The van der Waals surface area contributed by atoms with Crippen molar-refractivity contribution in [3.05, 3.63) is 68.2 Å². The number of non-ortho nitro benzene ring substituents is 1. The lowest BCUT2D eigenvalue weighted by Crippen LogP contribution is -2.40. The number of benzene rings is 2. The summed E-state index contributed by atoms with van der Waals surface area (Å²) in [5.74, 6) is 0.0535. The van der Waals surface area contributed by atoms with Gasteiger partial charge in [0.25, 0.3) is 11.6 Å².